The number of anilines is 1. The summed E-state index contributed by atoms with van der Waals surface area (Å²) >= 11 is 0. The second kappa shape index (κ2) is 8.99. The lowest BCUT2D eigenvalue weighted by molar-refractivity contribution is 0.102. The maximum absolute atomic E-state index is 12.4. The Morgan fingerprint density at radius 3 is 2.41 bits per heavy atom. The van der Waals surface area contributed by atoms with Gasteiger partial charge in [-0.05, 0) is 62.7 Å². The standard InChI is InChI=1S/C27H25N3O2/c1-4-30-25-16-22(32-18(2)3)14-15-23(25)24(17-28)26(30)19-10-12-21(13-11-19)29-27(31)20-8-6-5-7-9-20/h5-16,18H,4H2,1-3H3,(H,29,31). The summed E-state index contributed by atoms with van der Waals surface area (Å²) in [5, 5.41) is 13.8. The van der Waals surface area contributed by atoms with Crippen LogP contribution in [0.5, 0.6) is 5.75 Å². The van der Waals surface area contributed by atoms with E-state index in [1.165, 1.54) is 0 Å². The van der Waals surface area contributed by atoms with Gasteiger partial charge in [-0.2, -0.15) is 5.26 Å². The summed E-state index contributed by atoms with van der Waals surface area (Å²) < 4.78 is 8.00. The molecule has 3 aromatic carbocycles. The molecule has 0 fully saturated rings. The first-order valence-electron chi connectivity index (χ1n) is 10.7. The predicted octanol–water partition coefficient (Wildman–Crippen LogP) is 6.24. The van der Waals surface area contributed by atoms with Crippen LogP contribution in [0.25, 0.3) is 22.2 Å². The van der Waals surface area contributed by atoms with Crippen LogP contribution in [0.2, 0.25) is 0 Å². The molecule has 0 aliphatic heterocycles. The van der Waals surface area contributed by atoms with Crippen LogP contribution in [-0.4, -0.2) is 16.6 Å². The Balaban J connectivity index is 1.71. The minimum absolute atomic E-state index is 0.0750. The highest BCUT2D eigenvalue weighted by atomic mass is 16.5. The predicted molar refractivity (Wildman–Crippen MR) is 128 cm³/mol. The van der Waals surface area contributed by atoms with Gasteiger partial charge in [0.05, 0.1) is 22.9 Å². The second-order valence-corrected chi connectivity index (χ2v) is 7.82. The van der Waals surface area contributed by atoms with E-state index in [0.29, 0.717) is 23.4 Å². The zero-order chi connectivity index (χ0) is 22.7. The van der Waals surface area contributed by atoms with E-state index in [4.69, 9.17) is 4.74 Å². The molecule has 0 bridgehead atoms. The number of ether oxygens (including phenoxy) is 1. The monoisotopic (exact) mass is 423 g/mol. The number of hydrogen-bond acceptors (Lipinski definition) is 3. The highest BCUT2D eigenvalue weighted by molar-refractivity contribution is 6.04. The van der Waals surface area contributed by atoms with Gasteiger partial charge in [-0.3, -0.25) is 4.79 Å². The Hall–Kier alpha value is -4.04. The maximum atomic E-state index is 12.4. The molecule has 0 aliphatic carbocycles. The second-order valence-electron chi connectivity index (χ2n) is 7.82. The number of benzene rings is 3. The van der Waals surface area contributed by atoms with Crippen LogP contribution in [0.4, 0.5) is 5.69 Å². The molecule has 0 aliphatic rings. The molecule has 1 amide bonds. The number of nitrogens with one attached hydrogen (secondary N) is 1. The van der Waals surface area contributed by atoms with Gasteiger partial charge in [0.15, 0.2) is 0 Å². The number of nitrogens with zero attached hydrogens (tertiary/aromatic N) is 2. The zero-order valence-corrected chi connectivity index (χ0v) is 18.4. The molecule has 0 unspecified atom stereocenters. The SMILES string of the molecule is CCn1c(-c2ccc(NC(=O)c3ccccc3)cc2)c(C#N)c2ccc(OC(C)C)cc21. The Labute approximate surface area is 187 Å². The van der Waals surface area contributed by atoms with Crippen molar-refractivity contribution >= 4 is 22.5 Å². The van der Waals surface area contributed by atoms with Gasteiger partial charge in [0.2, 0.25) is 0 Å². The highest BCUT2D eigenvalue weighted by Gasteiger charge is 2.19. The molecule has 0 spiro atoms. The molecule has 4 aromatic rings. The Kier molecular flexibility index (Phi) is 5.96. The molecule has 32 heavy (non-hydrogen) atoms. The molecule has 1 aromatic heterocycles. The normalized spacial score (nSPS) is 10.8. The average molecular weight is 424 g/mol. The number of carbonyl (C=O) groups excluding carboxylic acids is 1. The maximum Gasteiger partial charge on any atom is 0.255 e. The van der Waals surface area contributed by atoms with Crippen LogP contribution in [0.3, 0.4) is 0 Å². The molecule has 5 heteroatoms. The summed E-state index contributed by atoms with van der Waals surface area (Å²) in [6.45, 7) is 6.76. The lowest BCUT2D eigenvalue weighted by Crippen LogP contribution is -2.11. The molecule has 160 valence electrons. The summed E-state index contributed by atoms with van der Waals surface area (Å²) in [5.41, 5.74) is 4.70. The van der Waals surface area contributed by atoms with E-state index >= 15 is 0 Å². The van der Waals surface area contributed by atoms with Gasteiger partial charge in [0.1, 0.15) is 11.8 Å². The van der Waals surface area contributed by atoms with Crippen LogP contribution >= 0.6 is 0 Å². The van der Waals surface area contributed by atoms with Gasteiger partial charge in [0.25, 0.3) is 5.91 Å². The molecule has 0 atom stereocenters. The number of rotatable bonds is 6. The third kappa shape index (κ3) is 4.08. The first kappa shape index (κ1) is 21.2. The number of aryl methyl sites for hydroxylation is 1. The molecule has 0 saturated heterocycles. The average Bonchev–Trinajstić information content (AvgIpc) is 3.12. The van der Waals surface area contributed by atoms with Crippen LogP contribution in [0, 0.1) is 11.3 Å². The van der Waals surface area contributed by atoms with E-state index in [9.17, 15) is 10.1 Å². The first-order valence-corrected chi connectivity index (χ1v) is 10.7. The summed E-state index contributed by atoms with van der Waals surface area (Å²) in [5.74, 6) is 0.631. The van der Waals surface area contributed by atoms with E-state index in [-0.39, 0.29) is 12.0 Å². The van der Waals surface area contributed by atoms with Crippen molar-refractivity contribution in [2.45, 2.75) is 33.4 Å². The summed E-state index contributed by atoms with van der Waals surface area (Å²) in [7, 11) is 0. The number of hydrogen-bond donors (Lipinski definition) is 1. The van der Waals surface area contributed by atoms with E-state index in [0.717, 1.165) is 27.9 Å². The van der Waals surface area contributed by atoms with Crippen LogP contribution in [0.15, 0.2) is 72.8 Å². The van der Waals surface area contributed by atoms with Crippen molar-refractivity contribution in [3.63, 3.8) is 0 Å². The zero-order valence-electron chi connectivity index (χ0n) is 18.4. The largest absolute Gasteiger partial charge is 0.491 e. The minimum atomic E-state index is -0.156. The fourth-order valence-corrected chi connectivity index (χ4v) is 3.92. The number of fused-ring (bicyclic) bond motifs is 1. The van der Waals surface area contributed by atoms with Crippen LogP contribution < -0.4 is 10.1 Å². The van der Waals surface area contributed by atoms with Crippen LogP contribution in [0.1, 0.15) is 36.7 Å². The number of carbonyl (C=O) groups is 1. The van der Waals surface area contributed by atoms with E-state index < -0.39 is 0 Å². The van der Waals surface area contributed by atoms with Crippen molar-refractivity contribution in [1.29, 1.82) is 5.26 Å². The lowest BCUT2D eigenvalue weighted by Gasteiger charge is -2.12. The van der Waals surface area contributed by atoms with E-state index in [1.807, 2.05) is 74.5 Å². The van der Waals surface area contributed by atoms with Crippen molar-refractivity contribution < 1.29 is 9.53 Å². The highest BCUT2D eigenvalue weighted by Crippen LogP contribution is 2.36. The van der Waals surface area contributed by atoms with Gasteiger partial charge in [0, 0.05) is 29.2 Å². The topological polar surface area (TPSA) is 67.0 Å². The van der Waals surface area contributed by atoms with Crippen molar-refractivity contribution in [1.82, 2.24) is 4.57 Å². The number of nitriles is 1. The molecule has 1 heterocycles. The van der Waals surface area contributed by atoms with Crippen molar-refractivity contribution in [2.75, 3.05) is 5.32 Å². The third-order valence-corrected chi connectivity index (χ3v) is 5.29. The fourth-order valence-electron chi connectivity index (χ4n) is 3.92. The first-order chi connectivity index (χ1) is 15.5. The van der Waals surface area contributed by atoms with Crippen molar-refractivity contribution in [2.24, 2.45) is 0 Å². The Morgan fingerprint density at radius 1 is 1.06 bits per heavy atom. The third-order valence-electron chi connectivity index (χ3n) is 5.29. The molecule has 5 nitrogen and oxygen atoms in total. The van der Waals surface area contributed by atoms with Gasteiger partial charge in [-0.15, -0.1) is 0 Å². The Morgan fingerprint density at radius 2 is 1.78 bits per heavy atom. The van der Waals surface area contributed by atoms with Crippen molar-refractivity contribution in [3.05, 3.63) is 83.9 Å². The molecule has 0 radical (unpaired) electrons. The molecular weight excluding hydrogens is 398 g/mol. The number of amides is 1. The quantitative estimate of drug-likeness (QED) is 0.399. The lowest BCUT2D eigenvalue weighted by atomic mass is 10.1. The minimum Gasteiger partial charge on any atom is -0.491 e. The number of aromatic nitrogens is 1. The van der Waals surface area contributed by atoms with Crippen LogP contribution in [-0.2, 0) is 6.54 Å². The summed E-state index contributed by atoms with van der Waals surface area (Å²) in [6.07, 6.45) is 0.0750. The fraction of sp³-hybridized carbons (Fsp3) is 0.185. The smallest absolute Gasteiger partial charge is 0.255 e. The molecule has 4 rings (SSSR count). The molecule has 1 N–H and O–H groups in total. The molecule has 0 saturated carbocycles. The van der Waals surface area contributed by atoms with E-state index in [2.05, 4.69) is 22.9 Å². The molecular formula is C27H25N3O2. The summed E-state index contributed by atoms with van der Waals surface area (Å²) in [6, 6.07) is 25.0. The van der Waals surface area contributed by atoms with Crippen molar-refractivity contribution in [3.8, 4) is 23.1 Å². The summed E-state index contributed by atoms with van der Waals surface area (Å²) in [4.78, 5) is 12.4. The van der Waals surface area contributed by atoms with Gasteiger partial charge in [-0.25, -0.2) is 0 Å². The van der Waals surface area contributed by atoms with E-state index in [1.54, 1.807) is 12.1 Å². The van der Waals surface area contributed by atoms with Gasteiger partial charge in [-0.1, -0.05) is 30.3 Å². The van der Waals surface area contributed by atoms with Gasteiger partial charge < -0.3 is 14.6 Å². The van der Waals surface area contributed by atoms with Gasteiger partial charge >= 0.3 is 0 Å². The Bertz CT molecular complexity index is 1300.